The molecule has 0 aromatic heterocycles. The number of nitrogens with one attached hydrogen (secondary N) is 2. The van der Waals surface area contributed by atoms with Crippen molar-refractivity contribution in [3.63, 3.8) is 0 Å². The number of carbonyl (C=O) groups is 3. The third-order valence-electron chi connectivity index (χ3n) is 6.74. The van der Waals surface area contributed by atoms with Crippen LogP contribution in [0.1, 0.15) is 49.7 Å². The van der Waals surface area contributed by atoms with E-state index in [2.05, 4.69) is 34.9 Å². The number of carbonyl (C=O) groups excluding carboxylic acids is 2. The Balaban J connectivity index is 1.33. The summed E-state index contributed by atoms with van der Waals surface area (Å²) in [5, 5.41) is 14.5. The monoisotopic (exact) mass is 450 g/mol. The lowest BCUT2D eigenvalue weighted by atomic mass is 9.75. The van der Waals surface area contributed by atoms with Crippen molar-refractivity contribution in [3.8, 4) is 11.1 Å². The maximum absolute atomic E-state index is 12.7. The van der Waals surface area contributed by atoms with E-state index in [0.717, 1.165) is 30.4 Å². The Kier molecular flexibility index (Phi) is 6.96. The highest BCUT2D eigenvalue weighted by Gasteiger charge is 2.34. The minimum absolute atomic E-state index is 0.0225. The Bertz CT molecular complexity index is 987. The summed E-state index contributed by atoms with van der Waals surface area (Å²) in [6, 6.07) is 15.8. The van der Waals surface area contributed by atoms with Gasteiger partial charge in [-0.2, -0.15) is 0 Å². The highest BCUT2D eigenvalue weighted by molar-refractivity contribution is 5.81. The number of amides is 2. The Hall–Kier alpha value is -3.35. The predicted molar refractivity (Wildman–Crippen MR) is 124 cm³/mol. The zero-order valence-corrected chi connectivity index (χ0v) is 18.8. The fourth-order valence-corrected chi connectivity index (χ4v) is 4.82. The standard InChI is InChI=1S/C26H30N2O5/c1-16(13-24(29)30)28-25(31)22(17-7-6-8-17)14-27-26(32)33-15-23-20-11-4-2-9-18(20)19-10-3-5-12-21(19)23/h2-5,9-12,16-17,22-23H,6-8,13-15H2,1H3,(H,27,32)(H,28,31)(H,29,30)/t16-,22?/m1/s1. The molecule has 1 fully saturated rings. The van der Waals surface area contributed by atoms with Crippen LogP contribution in [-0.2, 0) is 14.3 Å². The molecular weight excluding hydrogens is 420 g/mol. The third-order valence-corrected chi connectivity index (χ3v) is 6.74. The molecule has 0 radical (unpaired) electrons. The van der Waals surface area contributed by atoms with Crippen molar-refractivity contribution < 1.29 is 24.2 Å². The highest BCUT2D eigenvalue weighted by Crippen LogP contribution is 2.44. The highest BCUT2D eigenvalue weighted by atomic mass is 16.5. The second-order valence-corrected chi connectivity index (χ2v) is 9.01. The molecule has 0 spiro atoms. The quantitative estimate of drug-likeness (QED) is 0.537. The van der Waals surface area contributed by atoms with Gasteiger partial charge in [-0.15, -0.1) is 0 Å². The van der Waals surface area contributed by atoms with Gasteiger partial charge in [0.25, 0.3) is 0 Å². The van der Waals surface area contributed by atoms with Crippen molar-refractivity contribution in [3.05, 3.63) is 59.7 Å². The van der Waals surface area contributed by atoms with Gasteiger partial charge < -0.3 is 20.5 Å². The minimum atomic E-state index is -0.959. The van der Waals surface area contributed by atoms with E-state index in [1.165, 1.54) is 11.1 Å². The molecule has 3 N–H and O–H groups in total. The van der Waals surface area contributed by atoms with E-state index >= 15 is 0 Å². The van der Waals surface area contributed by atoms with Gasteiger partial charge in [0.15, 0.2) is 0 Å². The van der Waals surface area contributed by atoms with Crippen LogP contribution in [0.2, 0.25) is 0 Å². The lowest BCUT2D eigenvalue weighted by Gasteiger charge is -2.33. The Morgan fingerprint density at radius 1 is 1.03 bits per heavy atom. The van der Waals surface area contributed by atoms with Crippen LogP contribution in [-0.4, -0.2) is 42.3 Å². The normalized spacial score (nSPS) is 16.6. The number of fused-ring (bicyclic) bond motifs is 3. The van der Waals surface area contributed by atoms with E-state index in [1.807, 2.05) is 24.3 Å². The van der Waals surface area contributed by atoms with Crippen molar-refractivity contribution >= 4 is 18.0 Å². The topological polar surface area (TPSA) is 105 Å². The van der Waals surface area contributed by atoms with Crippen LogP contribution in [0.15, 0.2) is 48.5 Å². The molecule has 0 saturated heterocycles. The van der Waals surface area contributed by atoms with E-state index in [9.17, 15) is 14.4 Å². The number of rotatable bonds is 9. The van der Waals surface area contributed by atoms with Gasteiger partial charge in [0, 0.05) is 18.5 Å². The zero-order chi connectivity index (χ0) is 23.4. The van der Waals surface area contributed by atoms with Crippen LogP contribution < -0.4 is 10.6 Å². The van der Waals surface area contributed by atoms with Gasteiger partial charge in [-0.3, -0.25) is 9.59 Å². The molecule has 4 rings (SSSR count). The lowest BCUT2D eigenvalue weighted by molar-refractivity contribution is -0.137. The first-order chi connectivity index (χ1) is 15.9. The summed E-state index contributed by atoms with van der Waals surface area (Å²) in [7, 11) is 0. The number of hydrogen-bond donors (Lipinski definition) is 3. The molecule has 174 valence electrons. The lowest BCUT2D eigenvalue weighted by Crippen LogP contribution is -2.47. The number of ether oxygens (including phenoxy) is 1. The summed E-state index contributed by atoms with van der Waals surface area (Å²) in [6.45, 7) is 2.06. The van der Waals surface area contributed by atoms with Crippen molar-refractivity contribution in [1.29, 1.82) is 0 Å². The van der Waals surface area contributed by atoms with Crippen LogP contribution in [0.4, 0.5) is 4.79 Å². The second-order valence-electron chi connectivity index (χ2n) is 9.01. The molecule has 2 amide bonds. The van der Waals surface area contributed by atoms with Gasteiger partial charge in [0.1, 0.15) is 6.61 Å². The summed E-state index contributed by atoms with van der Waals surface area (Å²) >= 11 is 0. The predicted octanol–water partition coefficient (Wildman–Crippen LogP) is 3.92. The number of carboxylic acids is 1. The van der Waals surface area contributed by atoms with E-state index in [1.54, 1.807) is 6.92 Å². The molecule has 1 saturated carbocycles. The van der Waals surface area contributed by atoms with Crippen LogP contribution in [0.5, 0.6) is 0 Å². The van der Waals surface area contributed by atoms with E-state index in [-0.39, 0.29) is 37.3 Å². The SMILES string of the molecule is C[C@H](CC(=O)O)NC(=O)C(CNC(=O)OCC1c2ccccc2-c2ccccc21)C1CCC1. The van der Waals surface area contributed by atoms with E-state index in [0.29, 0.717) is 0 Å². The second kappa shape index (κ2) is 10.1. The Morgan fingerprint density at radius 2 is 1.64 bits per heavy atom. The average Bonchev–Trinajstić information content (AvgIpc) is 3.07. The molecule has 1 unspecified atom stereocenters. The van der Waals surface area contributed by atoms with Crippen LogP contribution >= 0.6 is 0 Å². The molecule has 2 aromatic carbocycles. The number of carboxylic acid groups (broad SMARTS) is 1. The number of hydrogen-bond acceptors (Lipinski definition) is 4. The summed E-state index contributed by atoms with van der Waals surface area (Å²) in [4.78, 5) is 36.1. The molecule has 7 heteroatoms. The van der Waals surface area contributed by atoms with Gasteiger partial charge >= 0.3 is 12.1 Å². The number of alkyl carbamates (subject to hydrolysis) is 1. The number of aliphatic carboxylic acids is 1. The van der Waals surface area contributed by atoms with E-state index < -0.39 is 24.0 Å². The first kappa shape index (κ1) is 22.8. The molecule has 2 atom stereocenters. The Morgan fingerprint density at radius 3 is 2.18 bits per heavy atom. The van der Waals surface area contributed by atoms with Gasteiger partial charge in [-0.25, -0.2) is 4.79 Å². The molecule has 33 heavy (non-hydrogen) atoms. The van der Waals surface area contributed by atoms with Crippen LogP contribution in [0.25, 0.3) is 11.1 Å². The summed E-state index contributed by atoms with van der Waals surface area (Å²) < 4.78 is 5.58. The summed E-state index contributed by atoms with van der Waals surface area (Å²) in [5.74, 6) is -1.40. The number of benzene rings is 2. The molecule has 2 aliphatic carbocycles. The van der Waals surface area contributed by atoms with Crippen molar-refractivity contribution in [2.24, 2.45) is 11.8 Å². The summed E-state index contributed by atoms with van der Waals surface area (Å²) in [6.07, 6.45) is 2.23. The molecule has 2 aliphatic rings. The van der Waals surface area contributed by atoms with Crippen LogP contribution in [0.3, 0.4) is 0 Å². The maximum atomic E-state index is 12.7. The molecule has 0 heterocycles. The van der Waals surface area contributed by atoms with Crippen molar-refractivity contribution in [1.82, 2.24) is 10.6 Å². The van der Waals surface area contributed by atoms with Crippen molar-refractivity contribution in [2.75, 3.05) is 13.2 Å². The fraction of sp³-hybridized carbons (Fsp3) is 0.423. The largest absolute Gasteiger partial charge is 0.481 e. The Labute approximate surface area is 193 Å². The third kappa shape index (κ3) is 5.18. The molecule has 7 nitrogen and oxygen atoms in total. The first-order valence-corrected chi connectivity index (χ1v) is 11.5. The van der Waals surface area contributed by atoms with Gasteiger partial charge in [0.2, 0.25) is 5.91 Å². The molecule has 2 aromatic rings. The maximum Gasteiger partial charge on any atom is 0.407 e. The van der Waals surface area contributed by atoms with Crippen LogP contribution in [0, 0.1) is 11.8 Å². The van der Waals surface area contributed by atoms with Gasteiger partial charge in [-0.1, -0.05) is 55.0 Å². The van der Waals surface area contributed by atoms with Crippen molar-refractivity contribution in [2.45, 2.75) is 44.6 Å². The minimum Gasteiger partial charge on any atom is -0.481 e. The zero-order valence-electron chi connectivity index (χ0n) is 18.8. The summed E-state index contributed by atoms with van der Waals surface area (Å²) in [5.41, 5.74) is 4.62. The van der Waals surface area contributed by atoms with Gasteiger partial charge in [0.05, 0.1) is 12.3 Å². The molecule has 0 bridgehead atoms. The molecule has 0 aliphatic heterocycles. The van der Waals surface area contributed by atoms with E-state index in [4.69, 9.17) is 9.84 Å². The average molecular weight is 451 g/mol. The molecular formula is C26H30N2O5. The first-order valence-electron chi connectivity index (χ1n) is 11.5. The smallest absolute Gasteiger partial charge is 0.407 e. The van der Waals surface area contributed by atoms with Gasteiger partial charge in [-0.05, 0) is 47.9 Å². The fourth-order valence-electron chi connectivity index (χ4n) is 4.82.